The molecule has 1 fully saturated rings. The van der Waals surface area contributed by atoms with Gasteiger partial charge >= 0.3 is 12.1 Å². The molecule has 0 spiro atoms. The molecule has 150 valence electrons. The minimum absolute atomic E-state index is 0.0290. The van der Waals surface area contributed by atoms with Gasteiger partial charge in [-0.1, -0.05) is 24.3 Å². The third-order valence-corrected chi connectivity index (χ3v) is 5.10. The predicted molar refractivity (Wildman–Crippen MR) is 96.2 cm³/mol. The van der Waals surface area contributed by atoms with Crippen LogP contribution in [-0.2, 0) is 17.5 Å². The summed E-state index contributed by atoms with van der Waals surface area (Å²) in [6, 6.07) is 11.2. The molecule has 1 heterocycles. The highest BCUT2D eigenvalue weighted by atomic mass is 19.4. The van der Waals surface area contributed by atoms with Crippen LogP contribution in [-0.4, -0.2) is 29.1 Å². The van der Waals surface area contributed by atoms with Crippen molar-refractivity contribution in [3.05, 3.63) is 71.0 Å². The van der Waals surface area contributed by atoms with Crippen LogP contribution in [0.5, 0.6) is 0 Å². The summed E-state index contributed by atoms with van der Waals surface area (Å²) in [7, 11) is 0. The first kappa shape index (κ1) is 20.3. The Bertz CT molecular complexity index is 803. The number of hydrogen-bond donors (Lipinski definition) is 1. The van der Waals surface area contributed by atoms with E-state index in [2.05, 4.69) is 4.90 Å². The molecular formula is C21H21F4NO2. The lowest BCUT2D eigenvalue weighted by atomic mass is 9.83. The summed E-state index contributed by atoms with van der Waals surface area (Å²) in [5.74, 6) is -1.23. The molecule has 0 bridgehead atoms. The van der Waals surface area contributed by atoms with E-state index in [-0.39, 0.29) is 24.1 Å². The molecule has 3 rings (SSSR count). The number of piperidine rings is 1. The summed E-state index contributed by atoms with van der Waals surface area (Å²) in [6.07, 6.45) is -3.66. The zero-order valence-corrected chi connectivity index (χ0v) is 15.1. The molecule has 1 N–H and O–H groups in total. The fourth-order valence-corrected chi connectivity index (χ4v) is 3.86. The molecule has 3 nitrogen and oxygen atoms in total. The Balaban J connectivity index is 1.74. The maximum atomic E-state index is 13.2. The molecule has 1 saturated heterocycles. The van der Waals surface area contributed by atoms with Crippen molar-refractivity contribution < 1.29 is 27.5 Å². The molecule has 2 aromatic rings. The van der Waals surface area contributed by atoms with E-state index in [0.29, 0.717) is 26.1 Å². The Hall–Kier alpha value is -2.41. The maximum absolute atomic E-state index is 13.2. The van der Waals surface area contributed by atoms with Gasteiger partial charge in [-0.3, -0.25) is 9.69 Å². The maximum Gasteiger partial charge on any atom is 0.416 e. The van der Waals surface area contributed by atoms with Crippen LogP contribution in [0.3, 0.4) is 0 Å². The van der Waals surface area contributed by atoms with E-state index in [1.165, 1.54) is 24.3 Å². The van der Waals surface area contributed by atoms with Crippen molar-refractivity contribution in [2.75, 3.05) is 13.1 Å². The molecule has 0 radical (unpaired) electrons. The van der Waals surface area contributed by atoms with Gasteiger partial charge in [-0.15, -0.1) is 0 Å². The van der Waals surface area contributed by atoms with Crippen molar-refractivity contribution in [1.82, 2.24) is 4.90 Å². The molecule has 7 heteroatoms. The Kier molecular flexibility index (Phi) is 6.03. The van der Waals surface area contributed by atoms with Gasteiger partial charge in [0.1, 0.15) is 5.82 Å². The number of rotatable bonds is 5. The third kappa shape index (κ3) is 5.32. The summed E-state index contributed by atoms with van der Waals surface area (Å²) < 4.78 is 51.4. The number of carbonyl (C=O) groups is 1. The zero-order chi connectivity index (χ0) is 20.3. The first-order valence-electron chi connectivity index (χ1n) is 9.06. The van der Waals surface area contributed by atoms with Crippen LogP contribution < -0.4 is 0 Å². The van der Waals surface area contributed by atoms with E-state index >= 15 is 0 Å². The minimum Gasteiger partial charge on any atom is -0.481 e. The SMILES string of the molecule is O=C(O)CC1CC(c2ccc(F)cc2)CN(Cc2ccc(C(F)(F)F)cc2)C1. The number of carboxylic acids is 1. The zero-order valence-electron chi connectivity index (χ0n) is 15.1. The second kappa shape index (κ2) is 8.31. The molecule has 28 heavy (non-hydrogen) atoms. The van der Waals surface area contributed by atoms with E-state index in [0.717, 1.165) is 23.3 Å². The average Bonchev–Trinajstić information content (AvgIpc) is 2.61. The van der Waals surface area contributed by atoms with Crippen molar-refractivity contribution in [2.24, 2.45) is 5.92 Å². The van der Waals surface area contributed by atoms with Gasteiger partial charge in [0.05, 0.1) is 5.56 Å². The van der Waals surface area contributed by atoms with Crippen molar-refractivity contribution in [1.29, 1.82) is 0 Å². The van der Waals surface area contributed by atoms with Crippen molar-refractivity contribution >= 4 is 5.97 Å². The van der Waals surface area contributed by atoms with Crippen LogP contribution in [0.4, 0.5) is 17.6 Å². The number of aliphatic carboxylic acids is 1. The average molecular weight is 395 g/mol. The van der Waals surface area contributed by atoms with E-state index in [9.17, 15) is 22.4 Å². The predicted octanol–water partition coefficient (Wildman–Crippen LogP) is 4.92. The first-order valence-corrected chi connectivity index (χ1v) is 9.06. The lowest BCUT2D eigenvalue weighted by Gasteiger charge is -2.37. The number of hydrogen-bond acceptors (Lipinski definition) is 2. The number of likely N-dealkylation sites (tertiary alicyclic amines) is 1. The molecule has 0 saturated carbocycles. The minimum atomic E-state index is -4.37. The lowest BCUT2D eigenvalue weighted by molar-refractivity contribution is -0.139. The summed E-state index contributed by atoms with van der Waals surface area (Å²) >= 11 is 0. The van der Waals surface area contributed by atoms with Gasteiger partial charge in [-0.05, 0) is 53.6 Å². The Morgan fingerprint density at radius 1 is 1.04 bits per heavy atom. The van der Waals surface area contributed by atoms with Crippen molar-refractivity contribution in [3.63, 3.8) is 0 Å². The Morgan fingerprint density at radius 3 is 2.25 bits per heavy atom. The van der Waals surface area contributed by atoms with Gasteiger partial charge in [0.2, 0.25) is 0 Å². The monoisotopic (exact) mass is 395 g/mol. The van der Waals surface area contributed by atoms with Gasteiger partial charge < -0.3 is 5.11 Å². The Morgan fingerprint density at radius 2 is 1.68 bits per heavy atom. The normalized spacial score (nSPS) is 20.9. The van der Waals surface area contributed by atoms with Gasteiger partial charge in [0.25, 0.3) is 0 Å². The molecule has 1 aliphatic rings. The number of benzene rings is 2. The molecule has 0 aromatic heterocycles. The van der Waals surface area contributed by atoms with E-state index in [4.69, 9.17) is 5.11 Å². The topological polar surface area (TPSA) is 40.5 Å². The van der Waals surface area contributed by atoms with Crippen molar-refractivity contribution in [3.8, 4) is 0 Å². The second-order valence-electron chi connectivity index (χ2n) is 7.34. The number of carboxylic acid groups (broad SMARTS) is 1. The van der Waals surface area contributed by atoms with Crippen LogP contribution in [0.25, 0.3) is 0 Å². The molecule has 1 aliphatic heterocycles. The van der Waals surface area contributed by atoms with Crippen LogP contribution in [0.15, 0.2) is 48.5 Å². The van der Waals surface area contributed by atoms with Gasteiger partial charge in [0.15, 0.2) is 0 Å². The van der Waals surface area contributed by atoms with Crippen molar-refractivity contribution in [2.45, 2.75) is 31.5 Å². The second-order valence-corrected chi connectivity index (χ2v) is 7.34. The molecule has 0 amide bonds. The van der Waals surface area contributed by atoms with E-state index in [1.54, 1.807) is 12.1 Å². The summed E-state index contributed by atoms with van der Waals surface area (Å²) in [6.45, 7) is 1.64. The Labute approximate surface area is 160 Å². The van der Waals surface area contributed by atoms with E-state index < -0.39 is 17.7 Å². The van der Waals surface area contributed by atoms with Crippen LogP contribution in [0, 0.1) is 11.7 Å². The van der Waals surface area contributed by atoms with Crippen LogP contribution in [0.1, 0.15) is 35.4 Å². The summed E-state index contributed by atoms with van der Waals surface area (Å²) in [5.41, 5.74) is 0.985. The summed E-state index contributed by atoms with van der Waals surface area (Å²) in [5, 5.41) is 9.17. The largest absolute Gasteiger partial charge is 0.481 e. The standard InChI is InChI=1S/C21H21F4NO2/c22-19-7-3-16(4-8-19)17-9-15(10-20(27)28)12-26(13-17)11-14-1-5-18(6-2-14)21(23,24)25/h1-8,15,17H,9-13H2,(H,27,28). The highest BCUT2D eigenvalue weighted by Gasteiger charge is 2.31. The van der Waals surface area contributed by atoms with Gasteiger partial charge in [-0.25, -0.2) is 4.39 Å². The molecule has 0 aliphatic carbocycles. The van der Waals surface area contributed by atoms with Gasteiger partial charge in [0, 0.05) is 26.1 Å². The lowest BCUT2D eigenvalue weighted by Crippen LogP contribution is -2.39. The van der Waals surface area contributed by atoms with Crippen LogP contribution >= 0.6 is 0 Å². The van der Waals surface area contributed by atoms with Gasteiger partial charge in [-0.2, -0.15) is 13.2 Å². The number of nitrogens with zero attached hydrogens (tertiary/aromatic N) is 1. The number of halogens is 4. The van der Waals surface area contributed by atoms with E-state index in [1.807, 2.05) is 0 Å². The molecule has 2 atom stereocenters. The van der Waals surface area contributed by atoms with Crippen LogP contribution in [0.2, 0.25) is 0 Å². The molecule has 2 unspecified atom stereocenters. The smallest absolute Gasteiger partial charge is 0.416 e. The highest BCUT2D eigenvalue weighted by Crippen LogP contribution is 2.33. The summed E-state index contributed by atoms with van der Waals surface area (Å²) in [4.78, 5) is 13.2. The highest BCUT2D eigenvalue weighted by molar-refractivity contribution is 5.67. The molecular weight excluding hydrogens is 374 g/mol. The quantitative estimate of drug-likeness (QED) is 0.731. The molecule has 2 aromatic carbocycles. The fourth-order valence-electron chi connectivity index (χ4n) is 3.86. The first-order chi connectivity index (χ1) is 13.2. The third-order valence-electron chi connectivity index (χ3n) is 5.10. The number of alkyl halides is 3. The fraction of sp³-hybridized carbons (Fsp3) is 0.381.